The first-order chi connectivity index (χ1) is 11.5. The van der Waals surface area contributed by atoms with Crippen LogP contribution in [-0.4, -0.2) is 45.2 Å². The van der Waals surface area contributed by atoms with Crippen LogP contribution in [0.4, 0.5) is 0 Å². The number of amides is 1. The number of benzene rings is 1. The highest BCUT2D eigenvalue weighted by Gasteiger charge is 2.59. The van der Waals surface area contributed by atoms with Crippen LogP contribution >= 0.6 is 0 Å². The van der Waals surface area contributed by atoms with Gasteiger partial charge in [-0.05, 0) is 30.7 Å². The van der Waals surface area contributed by atoms with E-state index in [1.165, 1.54) is 0 Å². The van der Waals surface area contributed by atoms with Gasteiger partial charge in [0, 0.05) is 18.5 Å². The lowest BCUT2D eigenvalue weighted by Gasteiger charge is -2.32. The van der Waals surface area contributed by atoms with Crippen molar-refractivity contribution in [2.75, 3.05) is 13.1 Å². The number of carbonyl (C=O) groups excluding carboxylic acids is 1. The SMILES string of the molecule is O=C(O)C1CC12CCN(C(=O)c1n[nH]c(=O)c3ccccc13)CC2. The van der Waals surface area contributed by atoms with Gasteiger partial charge >= 0.3 is 5.97 Å². The summed E-state index contributed by atoms with van der Waals surface area (Å²) in [5.74, 6) is -1.21. The Kier molecular flexibility index (Phi) is 3.19. The van der Waals surface area contributed by atoms with Crippen molar-refractivity contribution >= 4 is 22.6 Å². The van der Waals surface area contributed by atoms with E-state index in [1.807, 2.05) is 0 Å². The van der Waals surface area contributed by atoms with Crippen LogP contribution in [0.3, 0.4) is 0 Å². The number of carboxylic acids is 1. The van der Waals surface area contributed by atoms with Gasteiger partial charge in [-0.3, -0.25) is 14.4 Å². The van der Waals surface area contributed by atoms with Crippen molar-refractivity contribution in [1.29, 1.82) is 0 Å². The van der Waals surface area contributed by atoms with Crippen LogP contribution in [-0.2, 0) is 4.79 Å². The average Bonchev–Trinajstić information content (AvgIpc) is 3.30. The molecule has 1 aliphatic heterocycles. The van der Waals surface area contributed by atoms with Gasteiger partial charge in [-0.1, -0.05) is 18.2 Å². The van der Waals surface area contributed by atoms with Gasteiger partial charge in [0.25, 0.3) is 11.5 Å². The number of aromatic nitrogens is 2. The number of carboxylic acid groups (broad SMARTS) is 1. The Hall–Kier alpha value is -2.70. The third-order valence-corrected chi connectivity index (χ3v) is 5.43. The second kappa shape index (κ2) is 5.15. The standard InChI is InChI=1S/C17H17N3O4/c21-14-11-4-2-1-3-10(11)13(18-19-14)15(22)20-7-5-17(6-8-20)9-12(17)16(23)24/h1-4,12H,5-9H2,(H,19,21)(H,23,24). The molecule has 1 saturated heterocycles. The number of nitrogens with one attached hydrogen (secondary N) is 1. The number of hydrogen-bond donors (Lipinski definition) is 2. The van der Waals surface area contributed by atoms with Crippen molar-refractivity contribution in [1.82, 2.24) is 15.1 Å². The first-order valence-electron chi connectivity index (χ1n) is 8.01. The Morgan fingerprint density at radius 3 is 2.50 bits per heavy atom. The lowest BCUT2D eigenvalue weighted by atomic mass is 9.90. The van der Waals surface area contributed by atoms with E-state index in [4.69, 9.17) is 5.11 Å². The maximum Gasteiger partial charge on any atom is 0.307 e. The van der Waals surface area contributed by atoms with Crippen LogP contribution in [0.5, 0.6) is 0 Å². The number of hydrogen-bond acceptors (Lipinski definition) is 4. The summed E-state index contributed by atoms with van der Waals surface area (Å²) in [5.41, 5.74) is -0.197. The van der Waals surface area contributed by atoms with Crippen LogP contribution in [0.15, 0.2) is 29.1 Å². The third kappa shape index (κ3) is 2.19. The Morgan fingerprint density at radius 1 is 1.21 bits per heavy atom. The molecule has 2 aliphatic rings. The molecule has 7 nitrogen and oxygen atoms in total. The van der Waals surface area contributed by atoms with Crippen molar-refractivity contribution in [2.24, 2.45) is 11.3 Å². The topological polar surface area (TPSA) is 103 Å². The number of rotatable bonds is 2. The molecule has 1 saturated carbocycles. The summed E-state index contributed by atoms with van der Waals surface area (Å²) in [4.78, 5) is 37.5. The molecular formula is C17H17N3O4. The Balaban J connectivity index is 1.57. The molecule has 2 N–H and O–H groups in total. The van der Waals surface area contributed by atoms with Crippen LogP contribution in [0.25, 0.3) is 10.8 Å². The van der Waals surface area contributed by atoms with Crippen molar-refractivity contribution in [2.45, 2.75) is 19.3 Å². The van der Waals surface area contributed by atoms with E-state index < -0.39 is 5.97 Å². The molecule has 0 bridgehead atoms. The maximum atomic E-state index is 12.8. The van der Waals surface area contributed by atoms with E-state index in [2.05, 4.69) is 10.2 Å². The van der Waals surface area contributed by atoms with Crippen molar-refractivity contribution in [3.63, 3.8) is 0 Å². The summed E-state index contributed by atoms with van der Waals surface area (Å²) < 4.78 is 0. The molecule has 4 rings (SSSR count). The van der Waals surface area contributed by atoms with Gasteiger partial charge in [0.05, 0.1) is 11.3 Å². The molecule has 0 radical (unpaired) electrons. The van der Waals surface area contributed by atoms with Gasteiger partial charge in [-0.25, -0.2) is 5.10 Å². The molecule has 1 aromatic heterocycles. The van der Waals surface area contributed by atoms with Crippen molar-refractivity contribution in [3.05, 3.63) is 40.3 Å². The molecule has 1 unspecified atom stereocenters. The molecule has 1 spiro atoms. The fourth-order valence-corrected chi connectivity index (χ4v) is 3.83. The van der Waals surface area contributed by atoms with Crippen LogP contribution < -0.4 is 5.56 Å². The largest absolute Gasteiger partial charge is 0.481 e. The van der Waals surface area contributed by atoms with Crippen molar-refractivity contribution < 1.29 is 14.7 Å². The quantitative estimate of drug-likeness (QED) is 0.864. The summed E-state index contributed by atoms with van der Waals surface area (Å²) in [6.07, 6.45) is 2.12. The number of H-pyrrole nitrogens is 1. The highest BCUT2D eigenvalue weighted by atomic mass is 16.4. The molecule has 2 heterocycles. The molecule has 2 aromatic rings. The minimum Gasteiger partial charge on any atom is -0.481 e. The predicted octanol–water partition coefficient (Wildman–Crippen LogP) is 1.25. The number of fused-ring (bicyclic) bond motifs is 1. The minimum atomic E-state index is -0.733. The Labute approximate surface area is 137 Å². The molecule has 1 aliphatic carbocycles. The Morgan fingerprint density at radius 2 is 1.88 bits per heavy atom. The van der Waals surface area contributed by atoms with E-state index >= 15 is 0 Å². The second-order valence-electron chi connectivity index (χ2n) is 6.70. The first-order valence-corrected chi connectivity index (χ1v) is 8.01. The molecule has 24 heavy (non-hydrogen) atoms. The van der Waals surface area contributed by atoms with Gasteiger partial charge in [-0.2, -0.15) is 5.10 Å². The molecule has 1 amide bonds. The number of likely N-dealkylation sites (tertiary alicyclic amines) is 1. The predicted molar refractivity (Wildman–Crippen MR) is 85.7 cm³/mol. The van der Waals surface area contributed by atoms with E-state index in [0.29, 0.717) is 43.1 Å². The van der Waals surface area contributed by atoms with Crippen LogP contribution in [0.1, 0.15) is 29.8 Å². The summed E-state index contributed by atoms with van der Waals surface area (Å²) in [6, 6.07) is 6.90. The fourth-order valence-electron chi connectivity index (χ4n) is 3.83. The number of piperidine rings is 1. The lowest BCUT2D eigenvalue weighted by molar-refractivity contribution is -0.139. The number of aliphatic carboxylic acids is 1. The van der Waals surface area contributed by atoms with Crippen LogP contribution in [0, 0.1) is 11.3 Å². The first kappa shape index (κ1) is 14.9. The molecule has 7 heteroatoms. The van der Waals surface area contributed by atoms with E-state index in [1.54, 1.807) is 29.2 Å². The monoisotopic (exact) mass is 327 g/mol. The minimum absolute atomic E-state index is 0.122. The van der Waals surface area contributed by atoms with E-state index in [0.717, 1.165) is 0 Å². The Bertz CT molecular complexity index is 896. The van der Waals surface area contributed by atoms with Gasteiger partial charge in [0.2, 0.25) is 0 Å². The van der Waals surface area contributed by atoms with Gasteiger partial charge < -0.3 is 10.0 Å². The zero-order valence-electron chi connectivity index (χ0n) is 13.0. The molecule has 2 fully saturated rings. The zero-order valence-corrected chi connectivity index (χ0v) is 13.0. The highest BCUT2D eigenvalue weighted by Crippen LogP contribution is 2.59. The lowest BCUT2D eigenvalue weighted by Crippen LogP contribution is -2.40. The summed E-state index contributed by atoms with van der Waals surface area (Å²) in [6.45, 7) is 1.05. The smallest absolute Gasteiger partial charge is 0.307 e. The van der Waals surface area contributed by atoms with Crippen molar-refractivity contribution in [3.8, 4) is 0 Å². The van der Waals surface area contributed by atoms with E-state index in [9.17, 15) is 14.4 Å². The summed E-state index contributed by atoms with van der Waals surface area (Å²) in [5, 5.41) is 16.5. The number of carbonyl (C=O) groups is 2. The van der Waals surface area contributed by atoms with Gasteiger partial charge in [0.1, 0.15) is 0 Å². The zero-order chi connectivity index (χ0) is 16.9. The second-order valence-corrected chi connectivity index (χ2v) is 6.70. The fraction of sp³-hybridized carbons (Fsp3) is 0.412. The molecular weight excluding hydrogens is 310 g/mol. The van der Waals surface area contributed by atoms with Gasteiger partial charge in [-0.15, -0.1) is 0 Å². The number of aromatic amines is 1. The highest BCUT2D eigenvalue weighted by molar-refractivity contribution is 6.04. The average molecular weight is 327 g/mol. The third-order valence-electron chi connectivity index (χ3n) is 5.43. The molecule has 1 aromatic carbocycles. The molecule has 124 valence electrons. The maximum absolute atomic E-state index is 12.8. The molecule has 1 atom stereocenters. The number of nitrogens with zero attached hydrogens (tertiary/aromatic N) is 2. The van der Waals surface area contributed by atoms with Gasteiger partial charge in [0.15, 0.2) is 5.69 Å². The summed E-state index contributed by atoms with van der Waals surface area (Å²) >= 11 is 0. The van der Waals surface area contributed by atoms with Crippen LogP contribution in [0.2, 0.25) is 0 Å². The summed E-state index contributed by atoms with van der Waals surface area (Å²) in [7, 11) is 0. The van der Waals surface area contributed by atoms with E-state index in [-0.39, 0.29) is 28.5 Å². The normalized spacial score (nSPS) is 21.8.